The molecule has 2 saturated heterocycles. The zero-order valence-corrected chi connectivity index (χ0v) is 45.1. The molecule has 0 aromatic heterocycles. The largest absolute Gasteiger partial charge is 0.481 e. The predicted octanol–water partition coefficient (Wildman–Crippen LogP) is 2.29. The molecule has 440 valence electrons. The van der Waals surface area contributed by atoms with E-state index in [-0.39, 0.29) is 36.9 Å². The highest BCUT2D eigenvalue weighted by molar-refractivity contribution is 5.96. The molecule has 4 rings (SSSR count). The number of ketones is 2. The van der Waals surface area contributed by atoms with Crippen molar-refractivity contribution in [3.63, 3.8) is 0 Å². The van der Waals surface area contributed by atoms with Gasteiger partial charge in [-0.15, -0.1) is 0 Å². The lowest BCUT2D eigenvalue weighted by Crippen LogP contribution is -2.61. The van der Waals surface area contributed by atoms with E-state index in [0.717, 1.165) is 0 Å². The average molecular weight is 1110 g/mol. The van der Waals surface area contributed by atoms with Crippen LogP contribution in [0.4, 0.5) is 5.69 Å². The SMILES string of the molecule is C[C@@H]1\C=C/C=C\C=C\C=C\C=C\C=C\C=C\[C@H](O[C@H]2O[C@H](C)[C@H](O)[C@@H](N)[C@H]2O)C[C@@H]2O[C@](O)(C[C@H](O)C[C@H](O)C[C@H](O)C[C@H](O)CC(=O)C[C@@H](O)CC(=O)O[C@H]1[C@H](C)CC[C@@H](O)CC(=O)c1ccc(N)cc1)C[C@H](O)[C@H]2C(=O)O. The van der Waals surface area contributed by atoms with Crippen LogP contribution in [0.5, 0.6) is 0 Å². The maximum Gasteiger partial charge on any atom is 0.311 e. The molecule has 21 heteroatoms. The van der Waals surface area contributed by atoms with Crippen molar-refractivity contribution in [1.29, 1.82) is 0 Å². The number of fused-ring (bicyclic) bond motifs is 2. The summed E-state index contributed by atoms with van der Waals surface area (Å²) >= 11 is 0. The molecule has 0 aliphatic carbocycles. The van der Waals surface area contributed by atoms with Crippen LogP contribution in [0.25, 0.3) is 0 Å². The number of Topliss-reactive ketones (excluding diaryl/α,β-unsaturated/α-hetero) is 2. The van der Waals surface area contributed by atoms with Crippen LogP contribution >= 0.6 is 0 Å². The summed E-state index contributed by atoms with van der Waals surface area (Å²) in [5.41, 5.74) is 12.7. The second kappa shape index (κ2) is 33.0. The molecule has 2 fully saturated rings. The Kier molecular flexibility index (Phi) is 27.7. The fraction of sp³-hybridized carbons (Fsp3) is 0.586. The van der Waals surface area contributed by atoms with Gasteiger partial charge < -0.3 is 86.6 Å². The Morgan fingerprint density at radius 2 is 1.25 bits per heavy atom. The van der Waals surface area contributed by atoms with Gasteiger partial charge >= 0.3 is 11.9 Å². The molecule has 0 saturated carbocycles. The quantitative estimate of drug-likeness (QED) is 0.0908. The van der Waals surface area contributed by atoms with Gasteiger partial charge in [-0.3, -0.25) is 19.2 Å². The molecule has 1 aromatic carbocycles. The number of hydrogen-bond acceptors (Lipinski definition) is 20. The highest BCUT2D eigenvalue weighted by Crippen LogP contribution is 2.38. The molecule has 3 aliphatic rings. The van der Waals surface area contributed by atoms with E-state index in [1.54, 1.807) is 97.2 Å². The van der Waals surface area contributed by atoms with Gasteiger partial charge in [0, 0.05) is 55.7 Å². The lowest BCUT2D eigenvalue weighted by atomic mass is 9.82. The third-order valence-electron chi connectivity index (χ3n) is 14.1. The molecule has 3 heterocycles. The van der Waals surface area contributed by atoms with E-state index in [1.807, 2.05) is 19.9 Å². The van der Waals surface area contributed by atoms with Gasteiger partial charge in [-0.05, 0) is 69.2 Å². The molecule has 0 amide bonds. The van der Waals surface area contributed by atoms with E-state index in [4.69, 9.17) is 30.4 Å². The summed E-state index contributed by atoms with van der Waals surface area (Å²) in [6, 6.07) is 5.21. The van der Waals surface area contributed by atoms with Gasteiger partial charge in [0.25, 0.3) is 0 Å². The number of aliphatic hydroxyl groups is 10. The molecule has 79 heavy (non-hydrogen) atoms. The van der Waals surface area contributed by atoms with Crippen LogP contribution in [0.2, 0.25) is 0 Å². The van der Waals surface area contributed by atoms with Crippen LogP contribution in [0.1, 0.15) is 108 Å². The van der Waals surface area contributed by atoms with Crippen molar-refractivity contribution in [2.75, 3.05) is 5.73 Å². The van der Waals surface area contributed by atoms with E-state index in [9.17, 15) is 75.3 Å². The molecule has 0 spiro atoms. The van der Waals surface area contributed by atoms with E-state index in [0.29, 0.717) is 17.7 Å². The maximum atomic E-state index is 13.3. The van der Waals surface area contributed by atoms with Crippen LogP contribution in [-0.4, -0.2) is 177 Å². The highest BCUT2D eigenvalue weighted by Gasteiger charge is 2.51. The number of carbonyl (C=O) groups is 4. The Balaban J connectivity index is 1.54. The second-order valence-corrected chi connectivity index (χ2v) is 21.2. The number of ether oxygens (including phenoxy) is 4. The summed E-state index contributed by atoms with van der Waals surface area (Å²) in [7, 11) is 0. The number of esters is 1. The number of carbonyl (C=O) groups excluding carboxylic acids is 3. The Morgan fingerprint density at radius 3 is 1.85 bits per heavy atom. The fourth-order valence-electron chi connectivity index (χ4n) is 9.90. The number of nitrogen functional groups attached to an aromatic ring is 1. The minimum Gasteiger partial charge on any atom is -0.481 e. The lowest BCUT2D eigenvalue weighted by Gasteiger charge is -2.45. The number of carboxylic acids is 1. The van der Waals surface area contributed by atoms with Crippen molar-refractivity contribution in [3.8, 4) is 0 Å². The molecule has 1 aromatic rings. The lowest BCUT2D eigenvalue weighted by molar-refractivity contribution is -0.308. The molecule has 19 atom stereocenters. The summed E-state index contributed by atoms with van der Waals surface area (Å²) in [6.07, 6.45) is 1.70. The Morgan fingerprint density at radius 1 is 0.709 bits per heavy atom. The predicted molar refractivity (Wildman–Crippen MR) is 290 cm³/mol. The van der Waals surface area contributed by atoms with Crippen LogP contribution < -0.4 is 11.5 Å². The molecule has 15 N–H and O–H groups in total. The topological polar surface area (TPSA) is 380 Å². The summed E-state index contributed by atoms with van der Waals surface area (Å²) in [4.78, 5) is 51.6. The smallest absolute Gasteiger partial charge is 0.311 e. The van der Waals surface area contributed by atoms with Crippen LogP contribution in [0.3, 0.4) is 0 Å². The number of benzene rings is 1. The number of hydrogen-bond donors (Lipinski definition) is 13. The zero-order valence-electron chi connectivity index (χ0n) is 45.1. The molecule has 3 aliphatic heterocycles. The van der Waals surface area contributed by atoms with Gasteiger partial charge in [-0.2, -0.15) is 0 Å². The van der Waals surface area contributed by atoms with Gasteiger partial charge in [0.2, 0.25) is 0 Å². The Labute approximate surface area is 461 Å². The standard InChI is InChI=1S/C58H84N2O19/c1-34-16-14-12-10-8-6-4-5-7-9-11-13-15-17-46(77-57-54(72)52(60)53(71)36(3)76-57)31-49-51(56(73)74)48(69)33-58(75,79-49)32-45(67)28-43(65)26-41(63)24-40(62)25-42(64)27-44(66)30-50(70)78-55(34)35(2)18-23-39(61)29-47(68)37-19-21-38(59)22-20-37/h4-17,19-22,34-36,39-41,43-46,48-49,51-55,57,61-63,65-67,69,71-72,75H,18,23-33,59-60H2,1-3H3,(H,73,74)/b5-4+,8-6+,9-7+,12-10-,13-11+,16-14-,17-15+/t34-,35-,36-,39-,40+,41-,43-,44-,45-,46+,48+,49+,51-,52-,53+,54-,55-,57-,58-/m1/s1. The first kappa shape index (κ1) is 66.4. The number of aliphatic carboxylic acids is 1. The van der Waals surface area contributed by atoms with Crippen molar-refractivity contribution < 1.29 is 94.3 Å². The summed E-state index contributed by atoms with van der Waals surface area (Å²) in [5.74, 6) is -7.81. The first-order chi connectivity index (χ1) is 37.3. The van der Waals surface area contributed by atoms with E-state index in [1.165, 1.54) is 13.0 Å². The van der Waals surface area contributed by atoms with Crippen LogP contribution in [0, 0.1) is 17.8 Å². The zero-order chi connectivity index (χ0) is 58.4. The highest BCUT2D eigenvalue weighted by atomic mass is 16.7. The summed E-state index contributed by atoms with van der Waals surface area (Å²) in [5, 5.41) is 119. The number of aliphatic hydroxyl groups excluding tert-OH is 9. The van der Waals surface area contributed by atoms with Crippen molar-refractivity contribution in [1.82, 2.24) is 0 Å². The number of anilines is 1. The van der Waals surface area contributed by atoms with Crippen LogP contribution in [0.15, 0.2) is 109 Å². The van der Waals surface area contributed by atoms with E-state index >= 15 is 0 Å². The van der Waals surface area contributed by atoms with Crippen molar-refractivity contribution in [2.24, 2.45) is 23.5 Å². The van der Waals surface area contributed by atoms with E-state index < -0.39 is 172 Å². The number of nitrogens with two attached hydrogens (primary N) is 2. The minimum atomic E-state index is -2.34. The van der Waals surface area contributed by atoms with Gasteiger partial charge in [0.05, 0.1) is 79.6 Å². The molecular formula is C58H84N2O19. The third kappa shape index (κ3) is 23.1. The molecule has 2 bridgehead atoms. The molecule has 0 radical (unpaired) electrons. The second-order valence-electron chi connectivity index (χ2n) is 21.2. The maximum absolute atomic E-state index is 13.3. The van der Waals surface area contributed by atoms with Gasteiger partial charge in [0.15, 0.2) is 17.9 Å². The van der Waals surface area contributed by atoms with Crippen LogP contribution in [-0.2, 0) is 33.3 Å². The van der Waals surface area contributed by atoms with Gasteiger partial charge in [-0.25, -0.2) is 0 Å². The first-order valence-electron chi connectivity index (χ1n) is 26.9. The normalized spacial score (nSPS) is 38.4. The monoisotopic (exact) mass is 1110 g/mol. The molecule has 0 unspecified atom stereocenters. The van der Waals surface area contributed by atoms with Crippen molar-refractivity contribution in [3.05, 3.63) is 115 Å². The third-order valence-corrected chi connectivity index (χ3v) is 14.1. The fourth-order valence-corrected chi connectivity index (χ4v) is 9.90. The van der Waals surface area contributed by atoms with E-state index in [2.05, 4.69) is 0 Å². The molecular weight excluding hydrogens is 1030 g/mol. The summed E-state index contributed by atoms with van der Waals surface area (Å²) in [6.45, 7) is 5.20. The van der Waals surface area contributed by atoms with Gasteiger partial charge in [-0.1, -0.05) is 98.9 Å². The Bertz CT molecular complexity index is 2280. The summed E-state index contributed by atoms with van der Waals surface area (Å²) < 4.78 is 23.7. The number of rotatable bonds is 10. The minimum absolute atomic E-state index is 0.128. The Hall–Kier alpha value is -5.08. The average Bonchev–Trinajstić information content (AvgIpc) is 3.35. The first-order valence-corrected chi connectivity index (χ1v) is 26.9. The van der Waals surface area contributed by atoms with Gasteiger partial charge in [0.1, 0.15) is 23.9 Å². The van der Waals surface area contributed by atoms with Crippen molar-refractivity contribution in [2.45, 2.75) is 195 Å². The number of carboxylic acid groups (broad SMARTS) is 1. The molecule has 21 nitrogen and oxygen atoms in total. The van der Waals surface area contributed by atoms with Crippen molar-refractivity contribution >= 4 is 29.2 Å². The number of allylic oxidation sites excluding steroid dienone is 12. The number of cyclic esters (lactones) is 1.